The summed E-state index contributed by atoms with van der Waals surface area (Å²) in [5, 5.41) is 2.97. The lowest BCUT2D eigenvalue weighted by molar-refractivity contribution is -0.118. The molecule has 1 N–H and O–H groups in total. The van der Waals surface area contributed by atoms with E-state index in [4.69, 9.17) is 9.47 Å². The van der Waals surface area contributed by atoms with Gasteiger partial charge >= 0.3 is 5.97 Å². The summed E-state index contributed by atoms with van der Waals surface area (Å²) in [5.41, 5.74) is 5.28. The largest absolute Gasteiger partial charge is 0.483 e. The fraction of sp³-hybridized carbons (Fsp3) is 0.333. The SMILES string of the molecule is CCOC(=O)c1ccc(N2CCN(Cc3ccccc3)CC2)c(NC(=O)COc2cccc(C)c2C)c1. The Kier molecular flexibility index (Phi) is 8.80. The topological polar surface area (TPSA) is 71.1 Å². The molecule has 0 spiro atoms. The Bertz CT molecular complexity index is 1220. The zero-order valence-electron chi connectivity index (χ0n) is 21.8. The monoisotopic (exact) mass is 501 g/mol. The first-order valence-electron chi connectivity index (χ1n) is 12.8. The molecular formula is C30H35N3O4. The molecule has 0 aromatic heterocycles. The van der Waals surface area contributed by atoms with Crippen molar-refractivity contribution < 1.29 is 19.1 Å². The Morgan fingerprint density at radius 3 is 2.41 bits per heavy atom. The van der Waals surface area contributed by atoms with Gasteiger partial charge in [-0.2, -0.15) is 0 Å². The number of carbonyl (C=O) groups excluding carboxylic acids is 2. The van der Waals surface area contributed by atoms with Gasteiger partial charge in [-0.05, 0) is 61.7 Å². The minimum atomic E-state index is -0.413. The second-order valence-electron chi connectivity index (χ2n) is 9.24. The molecule has 0 atom stereocenters. The summed E-state index contributed by atoms with van der Waals surface area (Å²) >= 11 is 0. The molecule has 0 aliphatic carbocycles. The highest BCUT2D eigenvalue weighted by Crippen LogP contribution is 2.29. The van der Waals surface area contributed by atoms with E-state index in [2.05, 4.69) is 39.4 Å². The van der Waals surface area contributed by atoms with E-state index in [1.54, 1.807) is 19.1 Å². The number of esters is 1. The molecule has 1 heterocycles. The first kappa shape index (κ1) is 26.2. The van der Waals surface area contributed by atoms with Crippen LogP contribution in [0.2, 0.25) is 0 Å². The van der Waals surface area contributed by atoms with E-state index in [1.165, 1.54) is 5.56 Å². The van der Waals surface area contributed by atoms with Gasteiger partial charge in [0.05, 0.1) is 23.5 Å². The van der Waals surface area contributed by atoms with Crippen LogP contribution in [0.25, 0.3) is 0 Å². The van der Waals surface area contributed by atoms with Crippen LogP contribution in [0.5, 0.6) is 5.75 Å². The van der Waals surface area contributed by atoms with Crippen LogP contribution in [0.3, 0.4) is 0 Å². The second-order valence-corrected chi connectivity index (χ2v) is 9.24. The summed E-state index contributed by atoms with van der Waals surface area (Å²) in [4.78, 5) is 30.0. The number of hydrogen-bond donors (Lipinski definition) is 1. The highest BCUT2D eigenvalue weighted by atomic mass is 16.5. The van der Waals surface area contributed by atoms with Crippen LogP contribution in [0.15, 0.2) is 66.7 Å². The van der Waals surface area contributed by atoms with Crippen molar-refractivity contribution in [2.45, 2.75) is 27.3 Å². The van der Waals surface area contributed by atoms with Crippen molar-refractivity contribution in [3.05, 3.63) is 89.0 Å². The molecule has 0 bridgehead atoms. The second kappa shape index (κ2) is 12.4. The van der Waals surface area contributed by atoms with Gasteiger partial charge in [-0.25, -0.2) is 4.79 Å². The molecule has 37 heavy (non-hydrogen) atoms. The van der Waals surface area contributed by atoms with Crippen molar-refractivity contribution in [1.82, 2.24) is 4.90 Å². The molecule has 4 rings (SSSR count). The maximum atomic E-state index is 12.9. The highest BCUT2D eigenvalue weighted by molar-refractivity contribution is 5.98. The van der Waals surface area contributed by atoms with Gasteiger partial charge in [-0.15, -0.1) is 0 Å². The number of nitrogens with zero attached hydrogens (tertiary/aromatic N) is 2. The molecular weight excluding hydrogens is 466 g/mol. The van der Waals surface area contributed by atoms with Crippen LogP contribution < -0.4 is 15.0 Å². The standard InChI is InChI=1S/C30H35N3O4/c1-4-36-30(35)25-13-14-27(33-17-15-32(16-18-33)20-24-10-6-5-7-11-24)26(19-25)31-29(34)21-37-28-12-8-9-22(2)23(28)3/h5-14,19H,4,15-18,20-21H2,1-3H3,(H,31,34). The summed E-state index contributed by atoms with van der Waals surface area (Å²) in [6.07, 6.45) is 0. The lowest BCUT2D eigenvalue weighted by atomic mass is 10.1. The number of nitrogens with one attached hydrogen (secondary N) is 1. The average Bonchev–Trinajstić information content (AvgIpc) is 2.91. The number of aryl methyl sites for hydroxylation is 1. The van der Waals surface area contributed by atoms with Gasteiger partial charge in [0.1, 0.15) is 5.75 Å². The van der Waals surface area contributed by atoms with Crippen LogP contribution in [-0.2, 0) is 16.1 Å². The van der Waals surface area contributed by atoms with Gasteiger partial charge in [0, 0.05) is 32.7 Å². The Hall–Kier alpha value is -3.84. The maximum absolute atomic E-state index is 12.9. The van der Waals surface area contributed by atoms with Crippen molar-refractivity contribution in [3.63, 3.8) is 0 Å². The van der Waals surface area contributed by atoms with Crippen molar-refractivity contribution in [1.29, 1.82) is 0 Å². The number of ether oxygens (including phenoxy) is 2. The summed E-state index contributed by atoms with van der Waals surface area (Å²) in [6.45, 7) is 10.3. The molecule has 3 aromatic rings. The number of rotatable bonds is 9. The highest BCUT2D eigenvalue weighted by Gasteiger charge is 2.22. The lowest BCUT2D eigenvalue weighted by Gasteiger charge is -2.37. The third kappa shape index (κ3) is 6.89. The predicted octanol–water partition coefficient (Wildman–Crippen LogP) is 4.82. The molecule has 7 heteroatoms. The molecule has 0 saturated carbocycles. The number of amides is 1. The number of anilines is 2. The van der Waals surface area contributed by atoms with E-state index in [0.29, 0.717) is 17.0 Å². The number of piperazine rings is 1. The van der Waals surface area contributed by atoms with Gasteiger partial charge < -0.3 is 19.7 Å². The maximum Gasteiger partial charge on any atom is 0.338 e. The molecule has 7 nitrogen and oxygen atoms in total. The first-order chi connectivity index (χ1) is 17.9. The van der Waals surface area contributed by atoms with Crippen LogP contribution >= 0.6 is 0 Å². The third-order valence-corrected chi connectivity index (χ3v) is 6.66. The summed E-state index contributed by atoms with van der Waals surface area (Å²) < 4.78 is 11.0. The average molecular weight is 502 g/mol. The zero-order chi connectivity index (χ0) is 26.2. The van der Waals surface area contributed by atoms with E-state index in [0.717, 1.165) is 49.5 Å². The van der Waals surface area contributed by atoms with Crippen molar-refractivity contribution >= 4 is 23.3 Å². The number of carbonyl (C=O) groups is 2. The molecule has 194 valence electrons. The number of hydrogen-bond acceptors (Lipinski definition) is 6. The lowest BCUT2D eigenvalue weighted by Crippen LogP contribution is -2.46. The van der Waals surface area contributed by atoms with Gasteiger partial charge in [0.15, 0.2) is 6.61 Å². The molecule has 3 aromatic carbocycles. The van der Waals surface area contributed by atoms with Crippen molar-refractivity contribution in [2.24, 2.45) is 0 Å². The van der Waals surface area contributed by atoms with Gasteiger partial charge in [0.25, 0.3) is 5.91 Å². The minimum absolute atomic E-state index is 0.127. The van der Waals surface area contributed by atoms with Gasteiger partial charge in [0.2, 0.25) is 0 Å². The number of benzene rings is 3. The molecule has 1 amide bonds. The van der Waals surface area contributed by atoms with E-state index < -0.39 is 5.97 Å². The van der Waals surface area contributed by atoms with Crippen LogP contribution in [0.4, 0.5) is 11.4 Å². The Labute approximate surface area is 219 Å². The Balaban J connectivity index is 1.46. The smallest absolute Gasteiger partial charge is 0.338 e. The quantitative estimate of drug-likeness (QED) is 0.424. The van der Waals surface area contributed by atoms with Crippen molar-refractivity contribution in [3.8, 4) is 5.75 Å². The Morgan fingerprint density at radius 2 is 1.68 bits per heavy atom. The fourth-order valence-corrected chi connectivity index (χ4v) is 4.45. The van der Waals surface area contributed by atoms with E-state index in [-0.39, 0.29) is 19.1 Å². The van der Waals surface area contributed by atoms with E-state index in [9.17, 15) is 9.59 Å². The summed E-state index contributed by atoms with van der Waals surface area (Å²) in [5.74, 6) is -0.0140. The van der Waals surface area contributed by atoms with Crippen LogP contribution in [0.1, 0.15) is 34.0 Å². The van der Waals surface area contributed by atoms with Crippen LogP contribution in [0, 0.1) is 13.8 Å². The first-order valence-corrected chi connectivity index (χ1v) is 12.8. The molecule has 0 radical (unpaired) electrons. The summed E-state index contributed by atoms with van der Waals surface area (Å²) in [6, 6.07) is 21.6. The van der Waals surface area contributed by atoms with E-state index in [1.807, 2.05) is 44.2 Å². The third-order valence-electron chi connectivity index (χ3n) is 6.66. The normalized spacial score (nSPS) is 13.8. The molecule has 1 fully saturated rings. The van der Waals surface area contributed by atoms with E-state index >= 15 is 0 Å². The van der Waals surface area contributed by atoms with Crippen molar-refractivity contribution in [2.75, 3.05) is 49.6 Å². The minimum Gasteiger partial charge on any atom is -0.483 e. The molecule has 1 aliphatic rings. The molecule has 1 saturated heterocycles. The zero-order valence-corrected chi connectivity index (χ0v) is 21.8. The van der Waals surface area contributed by atoms with Gasteiger partial charge in [-0.3, -0.25) is 9.69 Å². The summed E-state index contributed by atoms with van der Waals surface area (Å²) in [7, 11) is 0. The predicted molar refractivity (Wildman–Crippen MR) is 146 cm³/mol. The van der Waals surface area contributed by atoms with Crippen LogP contribution in [-0.4, -0.2) is 56.2 Å². The Morgan fingerprint density at radius 1 is 0.919 bits per heavy atom. The molecule has 1 aliphatic heterocycles. The molecule has 0 unspecified atom stereocenters. The fourth-order valence-electron chi connectivity index (χ4n) is 4.45. The van der Waals surface area contributed by atoms with Gasteiger partial charge in [-0.1, -0.05) is 42.5 Å².